The molecule has 186 valence electrons. The lowest BCUT2D eigenvalue weighted by Gasteiger charge is -2.14. The van der Waals surface area contributed by atoms with Gasteiger partial charge in [-0.05, 0) is 68.2 Å². The lowest BCUT2D eigenvalue weighted by Crippen LogP contribution is -2.23. The summed E-state index contributed by atoms with van der Waals surface area (Å²) in [4.78, 5) is 23.1. The molecule has 0 radical (unpaired) electrons. The first-order valence-corrected chi connectivity index (χ1v) is 12.7. The Bertz CT molecular complexity index is 1490. The average molecular weight is 506 g/mol. The maximum atomic E-state index is 13.3. The number of para-hydroxylation sites is 2. The fourth-order valence-corrected chi connectivity index (χ4v) is 4.69. The Morgan fingerprint density at radius 3 is 2.22 bits per heavy atom. The van der Waals surface area contributed by atoms with E-state index in [1.165, 1.54) is 12.1 Å². The van der Waals surface area contributed by atoms with Crippen LogP contribution in [0.15, 0.2) is 77.7 Å². The van der Waals surface area contributed by atoms with E-state index in [-0.39, 0.29) is 35.3 Å². The fourth-order valence-electron chi connectivity index (χ4n) is 3.61. The Morgan fingerprint density at radius 1 is 0.917 bits per heavy atom. The summed E-state index contributed by atoms with van der Waals surface area (Å²) in [5.74, 6) is 0.988. The Balaban J connectivity index is 1.66. The smallest absolute Gasteiger partial charge is 0.263 e. The zero-order valence-electron chi connectivity index (χ0n) is 20.2. The molecule has 10 heteroatoms. The molecular formula is C26H27N5O4S. The molecule has 0 aliphatic rings. The number of fused-ring (bicyclic) bond motifs is 1. The summed E-state index contributed by atoms with van der Waals surface area (Å²) in [6, 6.07) is 20.7. The SMILES string of the molecule is COc1ccc(Nc2nc3ccccc3nc2NS(=O)(=O)c2cccc(CC(=O)CN(C)C)c2)cc1. The molecule has 0 unspecified atom stereocenters. The van der Waals surface area contributed by atoms with Crippen LogP contribution in [0, 0.1) is 0 Å². The molecule has 36 heavy (non-hydrogen) atoms. The minimum Gasteiger partial charge on any atom is -0.497 e. The first kappa shape index (κ1) is 25.1. The Labute approximate surface area is 210 Å². The molecule has 0 saturated carbocycles. The first-order valence-electron chi connectivity index (χ1n) is 11.2. The topological polar surface area (TPSA) is 114 Å². The first-order chi connectivity index (χ1) is 17.2. The maximum absolute atomic E-state index is 13.3. The van der Waals surface area contributed by atoms with Crippen molar-refractivity contribution in [1.82, 2.24) is 14.9 Å². The summed E-state index contributed by atoms with van der Waals surface area (Å²) in [7, 11) is 1.18. The van der Waals surface area contributed by atoms with Gasteiger partial charge in [0.1, 0.15) is 5.75 Å². The molecule has 0 aliphatic carbocycles. The van der Waals surface area contributed by atoms with Crippen molar-refractivity contribution in [1.29, 1.82) is 0 Å². The van der Waals surface area contributed by atoms with Crippen LogP contribution in [-0.4, -0.2) is 56.8 Å². The maximum Gasteiger partial charge on any atom is 0.263 e. The van der Waals surface area contributed by atoms with E-state index in [2.05, 4.69) is 20.0 Å². The third-order valence-corrected chi connectivity index (χ3v) is 6.59. The third-order valence-electron chi connectivity index (χ3n) is 5.26. The molecule has 0 spiro atoms. The molecule has 1 heterocycles. The standard InChI is InChI=1S/C26H27N5O4S/c1-31(2)17-20(32)15-18-7-6-8-22(16-18)36(33,34)30-26-25(27-19-11-13-21(35-3)14-12-19)28-23-9-4-5-10-24(23)29-26/h4-14,16H,15,17H2,1-3H3,(H,27,28)(H,29,30). The van der Waals surface area contributed by atoms with Gasteiger partial charge in [-0.3, -0.25) is 9.52 Å². The van der Waals surface area contributed by atoms with Crippen molar-refractivity contribution in [3.63, 3.8) is 0 Å². The third kappa shape index (κ3) is 6.15. The van der Waals surface area contributed by atoms with E-state index in [9.17, 15) is 13.2 Å². The van der Waals surface area contributed by atoms with Gasteiger partial charge in [0.15, 0.2) is 17.4 Å². The number of hydrogen-bond acceptors (Lipinski definition) is 8. The average Bonchev–Trinajstić information content (AvgIpc) is 2.84. The number of ketones is 1. The largest absolute Gasteiger partial charge is 0.497 e. The second-order valence-electron chi connectivity index (χ2n) is 8.47. The summed E-state index contributed by atoms with van der Waals surface area (Å²) in [6.45, 7) is 0.280. The summed E-state index contributed by atoms with van der Waals surface area (Å²) >= 11 is 0. The van der Waals surface area contributed by atoms with E-state index in [1.807, 2.05) is 20.2 Å². The summed E-state index contributed by atoms with van der Waals surface area (Å²) in [5, 5.41) is 3.14. The van der Waals surface area contributed by atoms with Crippen molar-refractivity contribution < 1.29 is 17.9 Å². The zero-order chi connectivity index (χ0) is 25.7. The number of carbonyl (C=O) groups is 1. The van der Waals surface area contributed by atoms with E-state index < -0.39 is 10.0 Å². The number of aromatic nitrogens is 2. The van der Waals surface area contributed by atoms with Gasteiger partial charge in [-0.15, -0.1) is 0 Å². The number of hydrogen-bond donors (Lipinski definition) is 2. The van der Waals surface area contributed by atoms with Gasteiger partial charge in [0.25, 0.3) is 10.0 Å². The normalized spacial score (nSPS) is 11.4. The number of nitrogens with zero attached hydrogens (tertiary/aromatic N) is 3. The van der Waals surface area contributed by atoms with Crippen LogP contribution in [0.2, 0.25) is 0 Å². The number of likely N-dealkylation sites (N-methyl/N-ethyl adjacent to an activating group) is 1. The number of Topliss-reactive ketones (excluding diaryl/α,β-unsaturated/α-hetero) is 1. The van der Waals surface area contributed by atoms with Crippen molar-refractivity contribution in [2.24, 2.45) is 0 Å². The molecule has 4 rings (SSSR count). The van der Waals surface area contributed by atoms with Gasteiger partial charge in [-0.1, -0.05) is 24.3 Å². The van der Waals surface area contributed by atoms with Crippen LogP contribution in [0.1, 0.15) is 5.56 Å². The van der Waals surface area contributed by atoms with E-state index >= 15 is 0 Å². The van der Waals surface area contributed by atoms with Crippen LogP contribution in [0.5, 0.6) is 5.75 Å². The second kappa shape index (κ2) is 10.7. The zero-order valence-corrected chi connectivity index (χ0v) is 21.0. The number of anilines is 3. The number of sulfonamides is 1. The minimum absolute atomic E-state index is 0.00567. The van der Waals surface area contributed by atoms with Gasteiger partial charge in [0.05, 0.1) is 29.6 Å². The van der Waals surface area contributed by atoms with E-state index in [0.717, 1.165) is 0 Å². The van der Waals surface area contributed by atoms with Crippen molar-refractivity contribution >= 4 is 44.2 Å². The van der Waals surface area contributed by atoms with Crippen molar-refractivity contribution in [2.45, 2.75) is 11.3 Å². The highest BCUT2D eigenvalue weighted by atomic mass is 32.2. The molecule has 4 aromatic rings. The van der Waals surface area contributed by atoms with Gasteiger partial charge >= 0.3 is 0 Å². The molecule has 3 aromatic carbocycles. The Morgan fingerprint density at radius 2 is 1.58 bits per heavy atom. The molecule has 0 bridgehead atoms. The highest BCUT2D eigenvalue weighted by Crippen LogP contribution is 2.28. The monoisotopic (exact) mass is 505 g/mol. The quantitative estimate of drug-likeness (QED) is 0.334. The van der Waals surface area contributed by atoms with Crippen LogP contribution in [-0.2, 0) is 21.2 Å². The highest BCUT2D eigenvalue weighted by molar-refractivity contribution is 7.92. The molecule has 0 aliphatic heterocycles. The van der Waals surface area contributed by atoms with Gasteiger partial charge < -0.3 is 15.0 Å². The predicted octanol–water partition coefficient (Wildman–Crippen LogP) is 3.86. The highest BCUT2D eigenvalue weighted by Gasteiger charge is 2.20. The van der Waals surface area contributed by atoms with Gasteiger partial charge in [-0.2, -0.15) is 0 Å². The number of rotatable bonds is 10. The number of methoxy groups -OCH3 is 1. The van der Waals surface area contributed by atoms with Crippen LogP contribution in [0.3, 0.4) is 0 Å². The lowest BCUT2D eigenvalue weighted by molar-refractivity contribution is -0.119. The molecule has 0 fully saturated rings. The fraction of sp³-hybridized carbons (Fsp3) is 0.192. The van der Waals surface area contributed by atoms with Gasteiger partial charge in [0.2, 0.25) is 0 Å². The van der Waals surface area contributed by atoms with E-state index in [4.69, 9.17) is 4.74 Å². The molecule has 0 amide bonds. The van der Waals surface area contributed by atoms with Gasteiger partial charge in [-0.25, -0.2) is 18.4 Å². The molecule has 1 aromatic heterocycles. The van der Waals surface area contributed by atoms with Crippen molar-refractivity contribution in [3.8, 4) is 5.75 Å². The Kier molecular flexibility index (Phi) is 7.47. The van der Waals surface area contributed by atoms with Crippen LogP contribution < -0.4 is 14.8 Å². The molecule has 9 nitrogen and oxygen atoms in total. The predicted molar refractivity (Wildman–Crippen MR) is 140 cm³/mol. The number of ether oxygens (including phenoxy) is 1. The minimum atomic E-state index is -4.02. The number of carbonyl (C=O) groups excluding carboxylic acids is 1. The summed E-state index contributed by atoms with van der Waals surface area (Å²) < 4.78 is 34.4. The van der Waals surface area contributed by atoms with Crippen LogP contribution in [0.25, 0.3) is 11.0 Å². The summed E-state index contributed by atoms with van der Waals surface area (Å²) in [5.41, 5.74) is 2.45. The number of benzene rings is 3. The van der Waals surface area contributed by atoms with Crippen molar-refractivity contribution in [2.75, 3.05) is 37.8 Å². The summed E-state index contributed by atoms with van der Waals surface area (Å²) in [6.07, 6.45) is 0.140. The van der Waals surface area contributed by atoms with E-state index in [0.29, 0.717) is 28.0 Å². The van der Waals surface area contributed by atoms with Crippen LogP contribution in [0.4, 0.5) is 17.3 Å². The van der Waals surface area contributed by atoms with Crippen molar-refractivity contribution in [3.05, 3.63) is 78.4 Å². The molecule has 0 saturated heterocycles. The number of nitrogens with one attached hydrogen (secondary N) is 2. The molecule has 0 atom stereocenters. The Hall–Kier alpha value is -4.02. The van der Waals surface area contributed by atoms with Gasteiger partial charge in [0, 0.05) is 12.1 Å². The van der Waals surface area contributed by atoms with Crippen LogP contribution >= 0.6 is 0 Å². The molecular weight excluding hydrogens is 478 g/mol. The second-order valence-corrected chi connectivity index (χ2v) is 10.2. The molecule has 2 N–H and O–H groups in total. The van der Waals surface area contributed by atoms with E-state index in [1.54, 1.807) is 66.6 Å². The lowest BCUT2D eigenvalue weighted by atomic mass is 10.1.